The molecule has 4 rings (SSSR count). The standard InChI is InChI=1S/C21H16AsNO4/c1-9-4-12(24)6-15(26)18(9)19-11(3)21-17(8-14(19)22)27-16-7-13(25)5-10(2)20(16)23-21/h4-8,24,26H,1-3H3. The topological polar surface area (TPSA) is 83.6 Å². The Morgan fingerprint density at radius 2 is 1.70 bits per heavy atom. The molecule has 0 unspecified atom stereocenters. The SMILES string of the molecule is Cc1cc(=O)cc2oc3cc([As])c(-c4c(C)cc(O)cc4O)c(C)c3nc1-2. The second-order valence-electron chi connectivity index (χ2n) is 6.70. The van der Waals surface area contributed by atoms with Gasteiger partial charge < -0.3 is 0 Å². The maximum atomic E-state index is 11.8. The molecule has 1 aliphatic heterocycles. The molecule has 1 heterocycles. The first-order valence-corrected chi connectivity index (χ1v) is 9.31. The third-order valence-electron chi connectivity index (χ3n) is 4.72. The van der Waals surface area contributed by atoms with Gasteiger partial charge >= 0.3 is 164 Å². The van der Waals surface area contributed by atoms with Crippen LogP contribution in [0.25, 0.3) is 33.7 Å². The van der Waals surface area contributed by atoms with Crippen molar-refractivity contribution in [3.8, 4) is 34.1 Å². The van der Waals surface area contributed by atoms with E-state index in [0.717, 1.165) is 26.6 Å². The van der Waals surface area contributed by atoms with Crippen LogP contribution in [0.15, 0.2) is 39.5 Å². The first-order valence-electron chi connectivity index (χ1n) is 8.37. The number of aromatic hydroxyl groups is 2. The summed E-state index contributed by atoms with van der Waals surface area (Å²) in [6, 6.07) is 7.76. The average molecular weight is 421 g/mol. The molecule has 0 aromatic heterocycles. The van der Waals surface area contributed by atoms with Gasteiger partial charge in [-0.05, 0) is 0 Å². The zero-order chi connectivity index (χ0) is 19.5. The van der Waals surface area contributed by atoms with Gasteiger partial charge in [-0.25, -0.2) is 0 Å². The molecule has 2 aromatic carbocycles. The molecule has 0 atom stereocenters. The van der Waals surface area contributed by atoms with E-state index in [4.69, 9.17) is 9.40 Å². The number of fused-ring (bicyclic) bond motifs is 2. The van der Waals surface area contributed by atoms with Crippen molar-refractivity contribution in [2.45, 2.75) is 20.8 Å². The summed E-state index contributed by atoms with van der Waals surface area (Å²) >= 11 is 2.48. The van der Waals surface area contributed by atoms with Crippen LogP contribution in [-0.4, -0.2) is 32.0 Å². The average Bonchev–Trinajstić information content (AvgIpc) is 2.55. The van der Waals surface area contributed by atoms with Gasteiger partial charge in [0.2, 0.25) is 0 Å². The second kappa shape index (κ2) is 6.14. The Bertz CT molecular complexity index is 1240. The van der Waals surface area contributed by atoms with E-state index < -0.39 is 0 Å². The number of aromatic nitrogens is 1. The van der Waals surface area contributed by atoms with Crippen LogP contribution >= 0.6 is 0 Å². The zero-order valence-corrected chi connectivity index (χ0v) is 16.9. The van der Waals surface area contributed by atoms with Gasteiger partial charge in [-0.2, -0.15) is 0 Å². The van der Waals surface area contributed by atoms with Gasteiger partial charge in [-0.1, -0.05) is 0 Å². The summed E-state index contributed by atoms with van der Waals surface area (Å²) in [5, 5.41) is 20.2. The van der Waals surface area contributed by atoms with Crippen molar-refractivity contribution >= 4 is 32.3 Å². The van der Waals surface area contributed by atoms with Gasteiger partial charge in [-0.15, -0.1) is 0 Å². The number of aryl methyl sites for hydroxylation is 3. The fraction of sp³-hybridized carbons (Fsp3) is 0.143. The van der Waals surface area contributed by atoms with Crippen molar-refractivity contribution in [2.24, 2.45) is 0 Å². The number of phenols is 2. The Balaban J connectivity index is 2.12. The number of phenolic OH excluding ortho intramolecular Hbond substituents is 2. The van der Waals surface area contributed by atoms with E-state index >= 15 is 0 Å². The van der Waals surface area contributed by atoms with Crippen molar-refractivity contribution < 1.29 is 14.6 Å². The molecule has 27 heavy (non-hydrogen) atoms. The Labute approximate surface area is 164 Å². The van der Waals surface area contributed by atoms with E-state index in [9.17, 15) is 15.0 Å². The zero-order valence-electron chi connectivity index (χ0n) is 15.0. The fourth-order valence-corrected chi connectivity index (χ4v) is 4.37. The first-order chi connectivity index (χ1) is 12.8. The number of nitrogens with zero attached hydrogens (tertiary/aromatic N) is 1. The Hall–Kier alpha value is -2.78. The molecule has 2 aliphatic rings. The van der Waals surface area contributed by atoms with Crippen molar-refractivity contribution in [2.75, 3.05) is 0 Å². The summed E-state index contributed by atoms with van der Waals surface area (Å²) in [7, 11) is 0. The molecule has 6 heteroatoms. The predicted octanol–water partition coefficient (Wildman–Crippen LogP) is 3.09. The minimum atomic E-state index is -0.115. The minimum absolute atomic E-state index is 0.00663. The second-order valence-corrected chi connectivity index (χ2v) is 7.71. The molecule has 2 aromatic rings. The maximum absolute atomic E-state index is 11.8. The first kappa shape index (κ1) is 17.6. The predicted molar refractivity (Wildman–Crippen MR) is 105 cm³/mol. The molecule has 0 saturated carbocycles. The van der Waals surface area contributed by atoms with E-state index in [-0.39, 0.29) is 16.9 Å². The van der Waals surface area contributed by atoms with Crippen LogP contribution < -0.4 is 9.78 Å². The van der Waals surface area contributed by atoms with E-state index in [2.05, 4.69) is 16.9 Å². The van der Waals surface area contributed by atoms with Crippen LogP contribution in [0.3, 0.4) is 0 Å². The van der Waals surface area contributed by atoms with Crippen molar-refractivity contribution in [3.05, 3.63) is 57.2 Å². The van der Waals surface area contributed by atoms with E-state index in [0.29, 0.717) is 28.1 Å². The van der Waals surface area contributed by atoms with Gasteiger partial charge in [-0.3, -0.25) is 0 Å². The molecular weight excluding hydrogens is 405 g/mol. The summed E-state index contributed by atoms with van der Waals surface area (Å²) in [6.45, 7) is 5.59. The molecule has 0 fully saturated rings. The number of hydrogen-bond acceptors (Lipinski definition) is 5. The molecule has 5 nitrogen and oxygen atoms in total. The van der Waals surface area contributed by atoms with Crippen LogP contribution in [-0.2, 0) is 0 Å². The van der Waals surface area contributed by atoms with Crippen molar-refractivity contribution in [3.63, 3.8) is 0 Å². The Morgan fingerprint density at radius 3 is 2.41 bits per heavy atom. The van der Waals surface area contributed by atoms with Gasteiger partial charge in [0.25, 0.3) is 0 Å². The molecule has 0 spiro atoms. The third kappa shape index (κ3) is 2.79. The molecule has 2 N–H and O–H groups in total. The summed E-state index contributed by atoms with van der Waals surface area (Å²) < 4.78 is 6.81. The number of benzene rings is 3. The summed E-state index contributed by atoms with van der Waals surface area (Å²) in [4.78, 5) is 16.5. The molecule has 0 saturated heterocycles. The van der Waals surface area contributed by atoms with E-state index in [1.807, 2.05) is 26.8 Å². The summed E-state index contributed by atoms with van der Waals surface area (Å²) in [6.07, 6.45) is 0. The quantitative estimate of drug-likeness (QED) is 0.365. The number of hydrogen-bond donors (Lipinski definition) is 2. The summed E-state index contributed by atoms with van der Waals surface area (Å²) in [5.74, 6) is 0.477. The van der Waals surface area contributed by atoms with Gasteiger partial charge in [0.15, 0.2) is 0 Å². The van der Waals surface area contributed by atoms with E-state index in [1.165, 1.54) is 18.2 Å². The van der Waals surface area contributed by atoms with Crippen LogP contribution in [0.4, 0.5) is 0 Å². The Morgan fingerprint density at radius 1 is 0.963 bits per heavy atom. The summed E-state index contributed by atoms with van der Waals surface area (Å²) in [5.41, 5.74) is 5.60. The normalized spacial score (nSPS) is 11.4. The molecular formula is C21H16AsNO4. The van der Waals surface area contributed by atoms with Crippen LogP contribution in [0, 0.1) is 20.8 Å². The molecule has 1 aliphatic carbocycles. The van der Waals surface area contributed by atoms with Gasteiger partial charge in [0.05, 0.1) is 0 Å². The van der Waals surface area contributed by atoms with Gasteiger partial charge in [0.1, 0.15) is 0 Å². The third-order valence-corrected chi connectivity index (χ3v) is 5.46. The number of rotatable bonds is 1. The molecule has 2 radical (unpaired) electrons. The Kier molecular flexibility index (Phi) is 4.01. The van der Waals surface area contributed by atoms with Crippen LogP contribution in [0.5, 0.6) is 11.5 Å². The van der Waals surface area contributed by atoms with Crippen molar-refractivity contribution in [1.29, 1.82) is 0 Å². The molecule has 0 bridgehead atoms. The molecule has 0 amide bonds. The fourth-order valence-electron chi connectivity index (χ4n) is 3.53. The monoisotopic (exact) mass is 421 g/mol. The van der Waals surface area contributed by atoms with Gasteiger partial charge in [0, 0.05) is 0 Å². The van der Waals surface area contributed by atoms with Crippen LogP contribution in [0.1, 0.15) is 16.7 Å². The van der Waals surface area contributed by atoms with Crippen LogP contribution in [0.2, 0.25) is 0 Å². The van der Waals surface area contributed by atoms with E-state index in [1.54, 1.807) is 6.07 Å². The molecule has 134 valence electrons. The van der Waals surface area contributed by atoms with Crippen molar-refractivity contribution in [1.82, 2.24) is 4.98 Å².